The van der Waals surface area contributed by atoms with Crippen LogP contribution in [0.25, 0.3) is 56.2 Å². The van der Waals surface area contributed by atoms with Gasteiger partial charge in [-0.05, 0) is 125 Å². The minimum Gasteiger partial charge on any atom is -0.457 e. The molecule has 62 heavy (non-hydrogen) atoms. The van der Waals surface area contributed by atoms with Gasteiger partial charge in [0.25, 0.3) is 0 Å². The molecule has 1 spiro atoms. The molecule has 8 aromatic rings. The largest absolute Gasteiger partial charge is 0.457 e. The maximum absolute atomic E-state index is 6.90. The quantitative estimate of drug-likeness (QED) is 0.174. The van der Waals surface area contributed by atoms with Gasteiger partial charge in [-0.25, -0.2) is 15.0 Å². The Morgan fingerprint density at radius 2 is 0.968 bits per heavy atom. The fourth-order valence-corrected chi connectivity index (χ4v) is 12.6. The fraction of sp³-hybridized carbons (Fsp3) is 0.224. The zero-order valence-electron chi connectivity index (χ0n) is 34.8. The number of fused-ring (bicyclic) bond motifs is 9. The molecule has 1 aliphatic heterocycles. The van der Waals surface area contributed by atoms with E-state index in [2.05, 4.69) is 170 Å². The molecule has 0 amide bonds. The van der Waals surface area contributed by atoms with Crippen LogP contribution in [-0.2, 0) is 10.8 Å². The number of rotatable bonds is 5. The van der Waals surface area contributed by atoms with Crippen molar-refractivity contribution in [3.05, 3.63) is 198 Å². The van der Waals surface area contributed by atoms with Crippen molar-refractivity contribution in [1.29, 1.82) is 0 Å². The zero-order valence-corrected chi connectivity index (χ0v) is 34.8. The van der Waals surface area contributed by atoms with Crippen LogP contribution in [-0.4, -0.2) is 15.0 Å². The van der Waals surface area contributed by atoms with E-state index >= 15 is 0 Å². The molecule has 0 radical (unpaired) electrons. The van der Waals surface area contributed by atoms with Crippen LogP contribution in [0.2, 0.25) is 0 Å². The topological polar surface area (TPSA) is 47.9 Å². The molecule has 14 rings (SSSR count). The van der Waals surface area contributed by atoms with Gasteiger partial charge in [-0.15, -0.1) is 0 Å². The lowest BCUT2D eigenvalue weighted by atomic mass is 9.55. The normalized spacial score (nSPS) is 22.2. The van der Waals surface area contributed by atoms with Gasteiger partial charge in [0.05, 0.1) is 5.41 Å². The summed E-state index contributed by atoms with van der Waals surface area (Å²) in [4.78, 5) is 16.4. The van der Waals surface area contributed by atoms with Gasteiger partial charge < -0.3 is 4.74 Å². The molecule has 6 aliphatic rings. The van der Waals surface area contributed by atoms with Crippen molar-refractivity contribution in [2.75, 3.05) is 0 Å². The highest BCUT2D eigenvalue weighted by molar-refractivity contribution is 5.89. The first kappa shape index (κ1) is 36.0. The second-order valence-electron chi connectivity index (χ2n) is 18.9. The molecule has 4 fully saturated rings. The summed E-state index contributed by atoms with van der Waals surface area (Å²) in [5, 5.41) is 0. The molecule has 300 valence electrons. The van der Waals surface area contributed by atoms with Gasteiger partial charge in [0.2, 0.25) is 0 Å². The Kier molecular flexibility index (Phi) is 8.10. The van der Waals surface area contributed by atoms with Crippen LogP contribution in [0.4, 0.5) is 0 Å². The first-order chi connectivity index (χ1) is 30.6. The highest BCUT2D eigenvalue weighted by Crippen LogP contribution is 2.62. The van der Waals surface area contributed by atoms with Crippen LogP contribution in [0.15, 0.2) is 170 Å². The van der Waals surface area contributed by atoms with Gasteiger partial charge >= 0.3 is 0 Å². The third kappa shape index (κ3) is 5.55. The van der Waals surface area contributed by atoms with E-state index in [4.69, 9.17) is 19.7 Å². The number of nitrogens with zero attached hydrogens (tertiary/aromatic N) is 3. The first-order valence-electron chi connectivity index (χ1n) is 22.8. The first-order valence-corrected chi connectivity index (χ1v) is 22.8. The molecule has 1 aromatic heterocycles. The summed E-state index contributed by atoms with van der Waals surface area (Å²) in [6, 6.07) is 61.4. The average molecular weight is 802 g/mol. The van der Waals surface area contributed by atoms with E-state index in [9.17, 15) is 0 Å². The van der Waals surface area contributed by atoms with Gasteiger partial charge in [-0.1, -0.05) is 158 Å². The van der Waals surface area contributed by atoms with E-state index in [1.807, 2.05) is 0 Å². The van der Waals surface area contributed by atoms with Crippen molar-refractivity contribution >= 4 is 0 Å². The second-order valence-corrected chi connectivity index (χ2v) is 18.9. The Morgan fingerprint density at radius 1 is 0.419 bits per heavy atom. The van der Waals surface area contributed by atoms with E-state index in [1.165, 1.54) is 89.5 Å². The van der Waals surface area contributed by atoms with Crippen LogP contribution in [0.3, 0.4) is 0 Å². The van der Waals surface area contributed by atoms with E-state index in [0.717, 1.165) is 75.4 Å². The van der Waals surface area contributed by atoms with E-state index < -0.39 is 5.41 Å². The summed E-state index contributed by atoms with van der Waals surface area (Å²) in [6.07, 6.45) is 10.3. The van der Waals surface area contributed by atoms with Gasteiger partial charge in [0.15, 0.2) is 11.6 Å². The summed E-state index contributed by atoms with van der Waals surface area (Å²) in [6.45, 7) is 0. The molecule has 4 bridgehead atoms. The Labute approximate surface area is 363 Å². The lowest BCUT2D eigenvalue weighted by Crippen LogP contribution is -2.43. The average Bonchev–Trinajstić information content (AvgIpc) is 3.61. The standard InChI is InChI=1S/C58H47N3O/c1-2-14-40(15-3-1)41-16-10-18-44(32-41)54-59-55(61-56(60-54)57-28-12-13-37(35-57)29-38-30-39(31-38)36-57)45-19-11-17-42(33-45)43-26-27-51-53(34-43)62-52-25-9-8-24-50(52)58(51)48-22-6-4-20-46(48)47-21-5-7-23-49(47)58/h1-11,14-27,32-34,37-39H,12-13,28-31,35-36H2/t37-,38?,39?,57?/m0/s1. The molecule has 2 atom stereocenters. The number of ether oxygens (including phenoxy) is 1. The van der Waals surface area contributed by atoms with Crippen LogP contribution in [0.5, 0.6) is 11.5 Å². The van der Waals surface area contributed by atoms with E-state index in [0.29, 0.717) is 0 Å². The molecule has 0 N–H and O–H groups in total. The summed E-state index contributed by atoms with van der Waals surface area (Å²) in [7, 11) is 0. The lowest BCUT2D eigenvalue weighted by Gasteiger charge is -2.50. The molecule has 4 heteroatoms. The number of hydrogen-bond acceptors (Lipinski definition) is 4. The van der Waals surface area contributed by atoms with Crippen LogP contribution < -0.4 is 4.74 Å². The van der Waals surface area contributed by atoms with Crippen molar-refractivity contribution in [3.8, 4) is 67.7 Å². The predicted octanol–water partition coefficient (Wildman–Crippen LogP) is 14.3. The minimum absolute atomic E-state index is 0.0143. The van der Waals surface area contributed by atoms with Gasteiger partial charge in [0, 0.05) is 27.7 Å². The van der Waals surface area contributed by atoms with E-state index in [-0.39, 0.29) is 5.41 Å². The highest BCUT2D eigenvalue weighted by Gasteiger charge is 2.51. The van der Waals surface area contributed by atoms with Crippen LogP contribution >= 0.6 is 0 Å². The van der Waals surface area contributed by atoms with Crippen molar-refractivity contribution < 1.29 is 4.74 Å². The molecular formula is C58H47N3O. The monoisotopic (exact) mass is 801 g/mol. The predicted molar refractivity (Wildman–Crippen MR) is 248 cm³/mol. The molecule has 4 nitrogen and oxygen atoms in total. The fourth-order valence-electron chi connectivity index (χ4n) is 12.6. The SMILES string of the molecule is c1ccc(-c2cccc(-c3nc(-c4cccc(-c5ccc6c(c5)Oc5ccccc5C65c6ccccc6-c6ccccc65)c4)nc(C45CCC[C@@H](CC6CC(C6)C4)C5)n3)c2)cc1. The summed E-state index contributed by atoms with van der Waals surface area (Å²) < 4.78 is 6.90. The van der Waals surface area contributed by atoms with Gasteiger partial charge in [-0.3, -0.25) is 0 Å². The summed E-state index contributed by atoms with van der Waals surface area (Å²) >= 11 is 0. The van der Waals surface area contributed by atoms with Crippen molar-refractivity contribution in [1.82, 2.24) is 15.0 Å². The summed E-state index contributed by atoms with van der Waals surface area (Å²) in [5.41, 5.74) is 13.6. The maximum Gasteiger partial charge on any atom is 0.163 e. The highest BCUT2D eigenvalue weighted by atomic mass is 16.5. The smallest absolute Gasteiger partial charge is 0.163 e. The Morgan fingerprint density at radius 3 is 1.69 bits per heavy atom. The van der Waals surface area contributed by atoms with Crippen molar-refractivity contribution in [2.24, 2.45) is 17.8 Å². The molecule has 1 unspecified atom stereocenters. The third-order valence-electron chi connectivity index (χ3n) is 15.3. The zero-order chi connectivity index (χ0) is 40.8. The lowest BCUT2D eigenvalue weighted by molar-refractivity contribution is 0.0412. The Hall–Kier alpha value is -6.65. The molecular weight excluding hydrogens is 755 g/mol. The Balaban J connectivity index is 0.945. The molecule has 2 heterocycles. The molecule has 4 saturated carbocycles. The maximum atomic E-state index is 6.90. The van der Waals surface area contributed by atoms with E-state index in [1.54, 1.807) is 0 Å². The van der Waals surface area contributed by atoms with Crippen molar-refractivity contribution in [3.63, 3.8) is 0 Å². The second kappa shape index (κ2) is 13.9. The van der Waals surface area contributed by atoms with Crippen molar-refractivity contribution in [2.45, 2.75) is 62.2 Å². The van der Waals surface area contributed by atoms with Gasteiger partial charge in [-0.2, -0.15) is 0 Å². The van der Waals surface area contributed by atoms with Crippen LogP contribution in [0.1, 0.15) is 79.4 Å². The van der Waals surface area contributed by atoms with Gasteiger partial charge in [0.1, 0.15) is 17.3 Å². The molecule has 7 aromatic carbocycles. The number of benzene rings is 7. The van der Waals surface area contributed by atoms with Crippen LogP contribution in [0, 0.1) is 17.8 Å². The summed E-state index contributed by atoms with van der Waals surface area (Å²) in [5.74, 6) is 6.76. The number of para-hydroxylation sites is 1. The number of aromatic nitrogens is 3. The molecule has 5 aliphatic carbocycles. The molecule has 0 saturated heterocycles. The number of hydrogen-bond donors (Lipinski definition) is 0. The Bertz CT molecular complexity index is 3010. The third-order valence-corrected chi connectivity index (χ3v) is 15.3. The minimum atomic E-state index is -0.484.